The molecule has 3 rings (SSSR count). The zero-order valence-corrected chi connectivity index (χ0v) is 13.3. The monoisotopic (exact) mass is 302 g/mol. The van der Waals surface area contributed by atoms with E-state index in [-0.39, 0.29) is 0 Å². The number of aromatic nitrogens is 3. The Labute approximate surface area is 129 Å². The van der Waals surface area contributed by atoms with Crippen molar-refractivity contribution in [1.29, 1.82) is 0 Å². The fourth-order valence-electron chi connectivity index (χ4n) is 2.81. The smallest absolute Gasteiger partial charge is 0.131 e. The second-order valence-corrected chi connectivity index (χ2v) is 5.67. The summed E-state index contributed by atoms with van der Waals surface area (Å²) in [5.74, 6) is 0. The minimum Gasteiger partial charge on any atom is -0.343 e. The molecule has 2 aromatic heterocycles. The molecule has 21 heavy (non-hydrogen) atoms. The Kier molecular flexibility index (Phi) is 3.74. The molecular formula is C16H19ClN4. The Morgan fingerprint density at radius 3 is 2.71 bits per heavy atom. The molecular weight excluding hydrogens is 284 g/mol. The SMILES string of the molecule is CNCc1cn(Cc2c(C)nn(C)c2Cl)c2ccccc12. The van der Waals surface area contributed by atoms with Crippen molar-refractivity contribution in [3.05, 3.63) is 52.4 Å². The molecule has 0 amide bonds. The third kappa shape index (κ3) is 2.45. The van der Waals surface area contributed by atoms with Gasteiger partial charge in [-0.25, -0.2) is 0 Å². The summed E-state index contributed by atoms with van der Waals surface area (Å²) < 4.78 is 3.98. The molecule has 3 aromatic rings. The number of nitrogens with zero attached hydrogens (tertiary/aromatic N) is 3. The lowest BCUT2D eigenvalue weighted by molar-refractivity contribution is 0.756. The average molecular weight is 303 g/mol. The predicted octanol–water partition coefficient (Wildman–Crippen LogP) is 3.10. The van der Waals surface area contributed by atoms with Gasteiger partial charge in [-0.2, -0.15) is 5.10 Å². The van der Waals surface area contributed by atoms with Crippen LogP contribution in [0.15, 0.2) is 30.5 Å². The van der Waals surface area contributed by atoms with Gasteiger partial charge in [0.2, 0.25) is 0 Å². The largest absolute Gasteiger partial charge is 0.343 e. The summed E-state index contributed by atoms with van der Waals surface area (Å²) in [5, 5.41) is 9.60. The zero-order chi connectivity index (χ0) is 15.0. The van der Waals surface area contributed by atoms with Crippen LogP contribution in [0.1, 0.15) is 16.8 Å². The van der Waals surface area contributed by atoms with Crippen molar-refractivity contribution in [2.75, 3.05) is 7.05 Å². The maximum absolute atomic E-state index is 6.36. The molecule has 0 radical (unpaired) electrons. The topological polar surface area (TPSA) is 34.8 Å². The Morgan fingerprint density at radius 2 is 2.05 bits per heavy atom. The standard InChI is InChI=1S/C16H19ClN4/c1-11-14(16(17)20(3)19-11)10-21-9-12(8-18-2)13-6-4-5-7-15(13)21/h4-7,9,18H,8,10H2,1-3H3. The van der Waals surface area contributed by atoms with E-state index in [4.69, 9.17) is 11.6 Å². The second kappa shape index (κ2) is 5.54. The number of aryl methyl sites for hydroxylation is 2. The predicted molar refractivity (Wildman–Crippen MR) is 86.8 cm³/mol. The Morgan fingerprint density at radius 1 is 1.29 bits per heavy atom. The molecule has 0 atom stereocenters. The van der Waals surface area contributed by atoms with Crippen LogP contribution in [0.2, 0.25) is 5.15 Å². The van der Waals surface area contributed by atoms with Crippen molar-refractivity contribution in [2.24, 2.45) is 7.05 Å². The van der Waals surface area contributed by atoms with Crippen molar-refractivity contribution < 1.29 is 0 Å². The molecule has 5 heteroatoms. The molecule has 0 spiro atoms. The van der Waals surface area contributed by atoms with Crippen molar-refractivity contribution in [2.45, 2.75) is 20.0 Å². The van der Waals surface area contributed by atoms with Crippen molar-refractivity contribution in [3.63, 3.8) is 0 Å². The van der Waals surface area contributed by atoms with E-state index in [0.717, 1.165) is 24.3 Å². The Balaban J connectivity index is 2.08. The second-order valence-electron chi connectivity index (χ2n) is 5.31. The first-order valence-corrected chi connectivity index (χ1v) is 7.39. The van der Waals surface area contributed by atoms with Crippen molar-refractivity contribution in [1.82, 2.24) is 19.7 Å². The number of para-hydroxylation sites is 1. The van der Waals surface area contributed by atoms with Gasteiger partial charge in [0.25, 0.3) is 0 Å². The highest BCUT2D eigenvalue weighted by Crippen LogP contribution is 2.25. The van der Waals surface area contributed by atoms with Gasteiger partial charge in [0, 0.05) is 36.3 Å². The van der Waals surface area contributed by atoms with Crippen LogP contribution in [0.4, 0.5) is 0 Å². The summed E-state index contributed by atoms with van der Waals surface area (Å²) in [6.45, 7) is 3.59. The number of hydrogen-bond donors (Lipinski definition) is 1. The molecule has 0 unspecified atom stereocenters. The maximum atomic E-state index is 6.36. The molecule has 0 bridgehead atoms. The molecule has 0 saturated carbocycles. The third-order valence-electron chi connectivity index (χ3n) is 3.84. The summed E-state index contributed by atoms with van der Waals surface area (Å²) in [7, 11) is 3.84. The fraction of sp³-hybridized carbons (Fsp3) is 0.312. The van der Waals surface area contributed by atoms with Crippen LogP contribution < -0.4 is 5.32 Å². The van der Waals surface area contributed by atoms with Gasteiger partial charge in [-0.3, -0.25) is 4.68 Å². The molecule has 0 fully saturated rings. The number of fused-ring (bicyclic) bond motifs is 1. The average Bonchev–Trinajstić information content (AvgIpc) is 2.93. The van der Waals surface area contributed by atoms with Gasteiger partial charge in [0.1, 0.15) is 5.15 Å². The van der Waals surface area contributed by atoms with Gasteiger partial charge in [-0.05, 0) is 25.6 Å². The van der Waals surface area contributed by atoms with Crippen LogP contribution >= 0.6 is 11.6 Å². The van der Waals surface area contributed by atoms with E-state index < -0.39 is 0 Å². The van der Waals surface area contributed by atoms with Gasteiger partial charge in [0.15, 0.2) is 0 Å². The molecule has 2 heterocycles. The molecule has 1 aromatic carbocycles. The molecule has 0 aliphatic carbocycles. The van der Waals surface area contributed by atoms with E-state index in [9.17, 15) is 0 Å². The van der Waals surface area contributed by atoms with Gasteiger partial charge in [-0.1, -0.05) is 29.8 Å². The minimum atomic E-state index is 0.709. The number of nitrogens with one attached hydrogen (secondary N) is 1. The Bertz CT molecular complexity index is 785. The lowest BCUT2D eigenvalue weighted by Gasteiger charge is -2.05. The number of rotatable bonds is 4. The molecule has 0 aliphatic rings. The summed E-state index contributed by atoms with van der Waals surface area (Å²) in [6, 6.07) is 8.46. The van der Waals surface area contributed by atoms with Gasteiger partial charge < -0.3 is 9.88 Å². The van der Waals surface area contributed by atoms with E-state index in [2.05, 4.69) is 45.4 Å². The summed E-state index contributed by atoms with van der Waals surface area (Å²) in [4.78, 5) is 0. The van der Waals surface area contributed by atoms with Crippen LogP contribution in [0.5, 0.6) is 0 Å². The van der Waals surface area contributed by atoms with E-state index in [1.807, 2.05) is 21.0 Å². The summed E-state index contributed by atoms with van der Waals surface area (Å²) in [6.07, 6.45) is 2.20. The van der Waals surface area contributed by atoms with E-state index in [1.54, 1.807) is 4.68 Å². The van der Waals surface area contributed by atoms with Crippen LogP contribution in [0.25, 0.3) is 10.9 Å². The lowest BCUT2D eigenvalue weighted by Crippen LogP contribution is -2.04. The van der Waals surface area contributed by atoms with E-state index in [1.165, 1.54) is 16.5 Å². The normalized spacial score (nSPS) is 11.4. The number of hydrogen-bond acceptors (Lipinski definition) is 2. The van der Waals surface area contributed by atoms with Crippen LogP contribution in [-0.4, -0.2) is 21.4 Å². The highest BCUT2D eigenvalue weighted by Gasteiger charge is 2.14. The highest BCUT2D eigenvalue weighted by molar-refractivity contribution is 6.30. The maximum Gasteiger partial charge on any atom is 0.131 e. The van der Waals surface area contributed by atoms with Gasteiger partial charge >= 0.3 is 0 Å². The molecule has 110 valence electrons. The van der Waals surface area contributed by atoms with Crippen LogP contribution in [0, 0.1) is 6.92 Å². The third-order valence-corrected chi connectivity index (χ3v) is 4.31. The summed E-state index contributed by atoms with van der Waals surface area (Å²) >= 11 is 6.36. The van der Waals surface area contributed by atoms with Crippen molar-refractivity contribution in [3.8, 4) is 0 Å². The molecule has 4 nitrogen and oxygen atoms in total. The first-order chi connectivity index (χ1) is 10.1. The quantitative estimate of drug-likeness (QED) is 0.803. The van der Waals surface area contributed by atoms with Gasteiger partial charge in [0.05, 0.1) is 12.2 Å². The number of halogens is 1. The minimum absolute atomic E-state index is 0.709. The Hall–Kier alpha value is -1.78. The molecule has 0 aliphatic heterocycles. The van der Waals surface area contributed by atoms with Gasteiger partial charge in [-0.15, -0.1) is 0 Å². The zero-order valence-electron chi connectivity index (χ0n) is 12.5. The van der Waals surface area contributed by atoms with Crippen LogP contribution in [-0.2, 0) is 20.1 Å². The lowest BCUT2D eigenvalue weighted by atomic mass is 10.2. The first-order valence-electron chi connectivity index (χ1n) is 7.01. The van der Waals surface area contributed by atoms with Crippen LogP contribution in [0.3, 0.4) is 0 Å². The number of benzene rings is 1. The van der Waals surface area contributed by atoms with E-state index in [0.29, 0.717) is 5.15 Å². The first kappa shape index (κ1) is 14.2. The van der Waals surface area contributed by atoms with E-state index >= 15 is 0 Å². The fourth-order valence-corrected chi connectivity index (χ4v) is 3.04. The van der Waals surface area contributed by atoms with Crippen molar-refractivity contribution >= 4 is 22.5 Å². The molecule has 1 N–H and O–H groups in total. The summed E-state index contributed by atoms with van der Waals surface area (Å²) in [5.41, 5.74) is 4.58. The molecule has 0 saturated heterocycles. The highest BCUT2D eigenvalue weighted by atomic mass is 35.5.